The summed E-state index contributed by atoms with van der Waals surface area (Å²) in [4.78, 5) is 12.3. The summed E-state index contributed by atoms with van der Waals surface area (Å²) in [7, 11) is 0. The predicted molar refractivity (Wildman–Crippen MR) is 73.1 cm³/mol. The molecule has 0 N–H and O–H groups in total. The van der Waals surface area contributed by atoms with Gasteiger partial charge in [-0.3, -0.25) is 4.79 Å². The van der Waals surface area contributed by atoms with Gasteiger partial charge in [0.2, 0.25) is 0 Å². The number of carbonyl (C=O) groups is 1. The fourth-order valence-electron chi connectivity index (χ4n) is 2.65. The molecule has 3 heteroatoms. The zero-order chi connectivity index (χ0) is 13.4. The number of hydrogen-bond acceptors (Lipinski definition) is 1. The molecule has 2 aromatic rings. The topological polar surface area (TPSA) is 17.1 Å². The van der Waals surface area contributed by atoms with E-state index in [1.54, 1.807) is 6.07 Å². The van der Waals surface area contributed by atoms with Crippen molar-refractivity contribution in [3.05, 3.63) is 70.0 Å². The Kier molecular flexibility index (Phi) is 3.11. The van der Waals surface area contributed by atoms with Gasteiger partial charge in [0.05, 0.1) is 0 Å². The molecule has 1 aliphatic rings. The molecule has 0 fully saturated rings. The number of carbonyl (C=O) groups excluding carboxylic acids is 1. The van der Waals surface area contributed by atoms with Crippen LogP contribution in [0.3, 0.4) is 0 Å². The molecule has 1 unspecified atom stereocenters. The van der Waals surface area contributed by atoms with E-state index in [4.69, 9.17) is 11.6 Å². The van der Waals surface area contributed by atoms with Gasteiger partial charge in [-0.15, -0.1) is 0 Å². The molecule has 0 spiro atoms. The van der Waals surface area contributed by atoms with Gasteiger partial charge in [0.25, 0.3) is 0 Å². The minimum atomic E-state index is -0.317. The van der Waals surface area contributed by atoms with Gasteiger partial charge < -0.3 is 0 Å². The smallest absolute Gasteiger partial charge is 0.166 e. The standard InChI is InChI=1S/C16H12ClFO/c17-15-6-5-13(18)9-11(15)8-12-7-10-3-1-2-4-14(10)16(12)19/h1-6,9,12H,7-8H2. The molecule has 0 heterocycles. The minimum absolute atomic E-state index is 0.128. The second-order valence-corrected chi connectivity index (χ2v) is 5.27. The largest absolute Gasteiger partial charge is 0.294 e. The average Bonchev–Trinajstić information content (AvgIpc) is 2.72. The highest BCUT2D eigenvalue weighted by molar-refractivity contribution is 6.31. The lowest BCUT2D eigenvalue weighted by atomic mass is 9.95. The first kappa shape index (κ1) is 12.4. The molecule has 0 saturated heterocycles. The van der Waals surface area contributed by atoms with Crippen LogP contribution >= 0.6 is 11.6 Å². The highest BCUT2D eigenvalue weighted by Gasteiger charge is 2.30. The second kappa shape index (κ2) is 4.78. The van der Waals surface area contributed by atoms with Crippen molar-refractivity contribution < 1.29 is 9.18 Å². The zero-order valence-corrected chi connectivity index (χ0v) is 11.0. The Hall–Kier alpha value is -1.67. The van der Waals surface area contributed by atoms with Crippen molar-refractivity contribution in [2.24, 2.45) is 5.92 Å². The van der Waals surface area contributed by atoms with Crippen molar-refractivity contribution in [1.29, 1.82) is 0 Å². The van der Waals surface area contributed by atoms with Crippen LogP contribution < -0.4 is 0 Å². The van der Waals surface area contributed by atoms with E-state index >= 15 is 0 Å². The lowest BCUT2D eigenvalue weighted by Crippen LogP contribution is -2.12. The van der Waals surface area contributed by atoms with E-state index in [9.17, 15) is 9.18 Å². The predicted octanol–water partition coefficient (Wildman–Crippen LogP) is 4.08. The Morgan fingerprint density at radius 1 is 1.21 bits per heavy atom. The van der Waals surface area contributed by atoms with Gasteiger partial charge in [-0.05, 0) is 42.2 Å². The average molecular weight is 275 g/mol. The van der Waals surface area contributed by atoms with Crippen LogP contribution in [-0.2, 0) is 12.8 Å². The number of Topliss-reactive ketones (excluding diaryl/α,β-unsaturated/α-hetero) is 1. The number of ketones is 1. The van der Waals surface area contributed by atoms with Crippen LogP contribution in [0.25, 0.3) is 0 Å². The number of benzene rings is 2. The summed E-state index contributed by atoms with van der Waals surface area (Å²) >= 11 is 6.06. The quantitative estimate of drug-likeness (QED) is 0.806. The fourth-order valence-corrected chi connectivity index (χ4v) is 2.84. The third kappa shape index (κ3) is 2.28. The van der Waals surface area contributed by atoms with Gasteiger partial charge in [-0.25, -0.2) is 4.39 Å². The fraction of sp³-hybridized carbons (Fsp3) is 0.188. The van der Waals surface area contributed by atoms with Crippen LogP contribution in [-0.4, -0.2) is 5.78 Å². The SMILES string of the molecule is O=C1c2ccccc2CC1Cc1cc(F)ccc1Cl. The Morgan fingerprint density at radius 2 is 2.00 bits per heavy atom. The molecule has 1 nitrogen and oxygen atoms in total. The van der Waals surface area contributed by atoms with Crippen molar-refractivity contribution in [2.45, 2.75) is 12.8 Å². The van der Waals surface area contributed by atoms with E-state index in [1.807, 2.05) is 24.3 Å². The monoisotopic (exact) mass is 274 g/mol. The molecule has 96 valence electrons. The molecule has 1 aliphatic carbocycles. The maximum atomic E-state index is 13.2. The first-order valence-electron chi connectivity index (χ1n) is 6.21. The van der Waals surface area contributed by atoms with Gasteiger partial charge in [-0.1, -0.05) is 35.9 Å². The Labute approximate surface area is 116 Å². The summed E-state index contributed by atoms with van der Waals surface area (Å²) in [5, 5.41) is 0.519. The normalized spacial score (nSPS) is 17.6. The van der Waals surface area contributed by atoms with Gasteiger partial charge in [0.15, 0.2) is 5.78 Å². The van der Waals surface area contributed by atoms with E-state index in [1.165, 1.54) is 12.1 Å². The molecular formula is C16H12ClFO. The summed E-state index contributed by atoms with van der Waals surface area (Å²) in [6.45, 7) is 0. The molecule has 0 saturated carbocycles. The lowest BCUT2D eigenvalue weighted by Gasteiger charge is -2.09. The summed E-state index contributed by atoms with van der Waals surface area (Å²) in [5.41, 5.74) is 2.57. The summed E-state index contributed by atoms with van der Waals surface area (Å²) in [6, 6.07) is 11.9. The summed E-state index contributed by atoms with van der Waals surface area (Å²) in [6.07, 6.45) is 1.20. The van der Waals surface area contributed by atoms with Gasteiger partial charge in [0.1, 0.15) is 5.82 Å². The number of fused-ring (bicyclic) bond motifs is 1. The molecule has 0 aliphatic heterocycles. The van der Waals surface area contributed by atoms with E-state index in [0.29, 0.717) is 23.4 Å². The first-order chi connectivity index (χ1) is 9.15. The van der Waals surface area contributed by atoms with Crippen molar-refractivity contribution in [3.63, 3.8) is 0 Å². The molecule has 0 amide bonds. The van der Waals surface area contributed by atoms with E-state index in [2.05, 4.69) is 0 Å². The molecule has 19 heavy (non-hydrogen) atoms. The van der Waals surface area contributed by atoms with Crippen LogP contribution in [0.2, 0.25) is 5.02 Å². The molecule has 2 aromatic carbocycles. The van der Waals surface area contributed by atoms with Crippen molar-refractivity contribution in [1.82, 2.24) is 0 Å². The summed E-state index contributed by atoms with van der Waals surface area (Å²) in [5.74, 6) is -0.310. The van der Waals surface area contributed by atoms with Crippen LogP contribution in [0.5, 0.6) is 0 Å². The summed E-state index contributed by atoms with van der Waals surface area (Å²) < 4.78 is 13.2. The number of rotatable bonds is 2. The van der Waals surface area contributed by atoms with Gasteiger partial charge >= 0.3 is 0 Å². The van der Waals surface area contributed by atoms with Crippen LogP contribution in [0.1, 0.15) is 21.5 Å². The van der Waals surface area contributed by atoms with E-state index in [0.717, 1.165) is 11.1 Å². The van der Waals surface area contributed by atoms with Crippen LogP contribution in [0.15, 0.2) is 42.5 Å². The third-order valence-electron chi connectivity index (χ3n) is 3.59. The van der Waals surface area contributed by atoms with Crippen molar-refractivity contribution in [2.75, 3.05) is 0 Å². The Bertz CT molecular complexity index is 651. The van der Waals surface area contributed by atoms with E-state index < -0.39 is 0 Å². The van der Waals surface area contributed by atoms with Gasteiger partial charge in [-0.2, -0.15) is 0 Å². The highest BCUT2D eigenvalue weighted by Crippen LogP contribution is 2.30. The minimum Gasteiger partial charge on any atom is -0.294 e. The number of halogens is 2. The molecule has 3 rings (SSSR count). The maximum Gasteiger partial charge on any atom is 0.166 e. The first-order valence-corrected chi connectivity index (χ1v) is 6.59. The second-order valence-electron chi connectivity index (χ2n) is 4.86. The molecule has 1 atom stereocenters. The van der Waals surface area contributed by atoms with Crippen molar-refractivity contribution >= 4 is 17.4 Å². The molecule has 0 radical (unpaired) electrons. The zero-order valence-electron chi connectivity index (χ0n) is 10.2. The number of hydrogen-bond donors (Lipinski definition) is 0. The van der Waals surface area contributed by atoms with Crippen LogP contribution in [0, 0.1) is 11.7 Å². The maximum absolute atomic E-state index is 13.2. The molecule has 0 aromatic heterocycles. The highest BCUT2D eigenvalue weighted by atomic mass is 35.5. The van der Waals surface area contributed by atoms with E-state index in [-0.39, 0.29) is 17.5 Å². The molecular weight excluding hydrogens is 263 g/mol. The Balaban J connectivity index is 1.87. The van der Waals surface area contributed by atoms with Gasteiger partial charge in [0, 0.05) is 16.5 Å². The van der Waals surface area contributed by atoms with Crippen molar-refractivity contribution in [3.8, 4) is 0 Å². The Morgan fingerprint density at radius 3 is 2.79 bits per heavy atom. The van der Waals surface area contributed by atoms with Crippen LogP contribution in [0.4, 0.5) is 4.39 Å². The molecule has 0 bridgehead atoms. The third-order valence-corrected chi connectivity index (χ3v) is 3.96. The lowest BCUT2D eigenvalue weighted by molar-refractivity contribution is 0.0936.